The number of carbonyl (C=O) groups excluding carboxylic acids is 3. The van der Waals surface area contributed by atoms with Crippen LogP contribution in [0.5, 0.6) is 0 Å². The number of hydrogen-bond acceptors (Lipinski definition) is 7. The number of methoxy groups -OCH3 is 1. The molecule has 0 spiro atoms. The number of hydrogen-bond donors (Lipinski definition) is 3. The van der Waals surface area contributed by atoms with Gasteiger partial charge in [-0.05, 0) is 65.6 Å². The lowest BCUT2D eigenvalue weighted by atomic mass is 10.0. The van der Waals surface area contributed by atoms with E-state index in [2.05, 4.69) is 73.8 Å². The van der Waals surface area contributed by atoms with Crippen LogP contribution < -0.4 is 5.32 Å². The predicted molar refractivity (Wildman–Crippen MR) is 203 cm³/mol. The average Bonchev–Trinajstić information content (AvgIpc) is 4.07. The zero-order valence-corrected chi connectivity index (χ0v) is 29.8. The summed E-state index contributed by atoms with van der Waals surface area (Å²) < 4.78 is 4.82. The first-order chi connectivity index (χ1) is 26.5. The number of benzene rings is 3. The summed E-state index contributed by atoms with van der Waals surface area (Å²) in [6.07, 6.45) is 7.98. The van der Waals surface area contributed by atoms with E-state index >= 15 is 0 Å². The van der Waals surface area contributed by atoms with Crippen LogP contribution >= 0.6 is 0 Å². The minimum absolute atomic E-state index is 0.0737. The van der Waals surface area contributed by atoms with Gasteiger partial charge in [0, 0.05) is 19.3 Å². The molecule has 6 aromatic rings. The Morgan fingerprint density at radius 3 is 1.78 bits per heavy atom. The smallest absolute Gasteiger partial charge is 0.407 e. The monoisotopic (exact) mass is 720 g/mol. The lowest BCUT2D eigenvalue weighted by Crippen LogP contribution is -2.42. The Balaban J connectivity index is 0.933. The molecule has 272 valence electrons. The van der Waals surface area contributed by atoms with Crippen LogP contribution in [-0.4, -0.2) is 72.8 Å². The summed E-state index contributed by atoms with van der Waals surface area (Å²) in [5, 5.41) is 2.71. The summed E-state index contributed by atoms with van der Waals surface area (Å²) in [6, 6.07) is 30.0. The number of ether oxygens (including phenoxy) is 1. The molecule has 2 fully saturated rings. The fourth-order valence-electron chi connectivity index (χ4n) is 7.51. The van der Waals surface area contributed by atoms with E-state index in [0.29, 0.717) is 30.2 Å². The average molecular weight is 721 g/mol. The molecule has 3 aromatic carbocycles. The van der Waals surface area contributed by atoms with Gasteiger partial charge in [0.05, 0.1) is 43.0 Å². The zero-order chi connectivity index (χ0) is 37.0. The summed E-state index contributed by atoms with van der Waals surface area (Å²) in [5.41, 5.74) is 7.03. The molecule has 0 aliphatic carbocycles. The number of rotatable bonds is 9. The van der Waals surface area contributed by atoms with Crippen LogP contribution in [0.25, 0.3) is 33.6 Å². The lowest BCUT2D eigenvalue weighted by molar-refractivity contribution is -0.134. The van der Waals surface area contributed by atoms with Crippen LogP contribution in [0.4, 0.5) is 4.79 Å². The molecule has 3 amide bonds. The molecule has 0 radical (unpaired) electrons. The maximum absolute atomic E-state index is 13.9. The quantitative estimate of drug-likeness (QED) is 0.142. The zero-order valence-electron chi connectivity index (χ0n) is 29.8. The molecule has 2 saturated heterocycles. The highest BCUT2D eigenvalue weighted by Crippen LogP contribution is 2.35. The van der Waals surface area contributed by atoms with Gasteiger partial charge in [0.2, 0.25) is 0 Å². The summed E-state index contributed by atoms with van der Waals surface area (Å²) >= 11 is 0. The molecular weight excluding hydrogens is 681 g/mol. The third-order valence-corrected chi connectivity index (χ3v) is 10.3. The molecule has 54 heavy (non-hydrogen) atoms. The van der Waals surface area contributed by atoms with E-state index < -0.39 is 12.1 Å². The van der Waals surface area contributed by atoms with Crippen LogP contribution in [-0.2, 0) is 9.53 Å². The van der Waals surface area contributed by atoms with Gasteiger partial charge in [-0.1, -0.05) is 84.9 Å². The second-order valence-corrected chi connectivity index (χ2v) is 13.6. The van der Waals surface area contributed by atoms with Crippen LogP contribution in [0.3, 0.4) is 0 Å². The molecule has 3 N–H and O–H groups in total. The van der Waals surface area contributed by atoms with Crippen molar-refractivity contribution in [1.82, 2.24) is 40.0 Å². The Labute approximate surface area is 312 Å². The largest absolute Gasteiger partial charge is 0.453 e. The molecule has 0 bridgehead atoms. The molecule has 0 unspecified atom stereocenters. The van der Waals surface area contributed by atoms with Gasteiger partial charge < -0.3 is 29.8 Å². The number of aromatic nitrogens is 5. The Kier molecular flexibility index (Phi) is 9.71. The van der Waals surface area contributed by atoms with Crippen molar-refractivity contribution in [3.05, 3.63) is 139 Å². The molecule has 12 heteroatoms. The van der Waals surface area contributed by atoms with Crippen LogP contribution in [0.1, 0.15) is 71.5 Å². The van der Waals surface area contributed by atoms with E-state index in [-0.39, 0.29) is 23.9 Å². The van der Waals surface area contributed by atoms with Gasteiger partial charge in [-0.15, -0.1) is 0 Å². The highest BCUT2D eigenvalue weighted by Gasteiger charge is 2.37. The maximum Gasteiger partial charge on any atom is 0.407 e. The molecule has 2 aliphatic heterocycles. The first-order valence-electron chi connectivity index (χ1n) is 18.2. The standard InChI is InChI=1S/C42H40N8O4/c1-54-42(53)48-37(31-9-3-2-4-10-31)41(52)50-24-8-13-36(50)39-45-26-34(47-39)30-20-16-28(17-21-30)27-14-18-29(19-15-27)33-25-44-38(46-33)35-12-7-23-49(35)40(51)32-11-5-6-22-43-32/h2-6,9-11,14-22,25-26,35-37H,7-8,12-13,23-24H2,1H3,(H,44,46)(H,45,47)(H,48,53)/t35-,36-,37+/m0/s1. The first kappa shape index (κ1) is 34.5. The van der Waals surface area contributed by atoms with Crippen LogP contribution in [0.2, 0.25) is 0 Å². The minimum atomic E-state index is -0.870. The first-order valence-corrected chi connectivity index (χ1v) is 18.2. The number of alkyl carbamates (subject to hydrolysis) is 1. The van der Waals surface area contributed by atoms with Gasteiger partial charge in [-0.25, -0.2) is 14.8 Å². The van der Waals surface area contributed by atoms with E-state index in [1.165, 1.54) is 7.11 Å². The van der Waals surface area contributed by atoms with Gasteiger partial charge in [-0.3, -0.25) is 14.6 Å². The van der Waals surface area contributed by atoms with Gasteiger partial charge in [0.25, 0.3) is 11.8 Å². The highest BCUT2D eigenvalue weighted by molar-refractivity contribution is 5.92. The van der Waals surface area contributed by atoms with E-state index in [1.807, 2.05) is 53.6 Å². The molecule has 3 aromatic heterocycles. The molecule has 2 aliphatic rings. The van der Waals surface area contributed by atoms with Crippen molar-refractivity contribution in [3.8, 4) is 33.6 Å². The molecule has 0 saturated carbocycles. The summed E-state index contributed by atoms with van der Waals surface area (Å²) in [4.78, 5) is 63.4. The third kappa shape index (κ3) is 6.97. The number of aromatic amines is 2. The number of imidazole rings is 2. The second-order valence-electron chi connectivity index (χ2n) is 13.6. The highest BCUT2D eigenvalue weighted by atomic mass is 16.5. The van der Waals surface area contributed by atoms with Crippen molar-refractivity contribution < 1.29 is 19.1 Å². The topological polar surface area (TPSA) is 149 Å². The fraction of sp³-hybridized carbons (Fsp3) is 0.238. The Bertz CT molecular complexity index is 2240. The SMILES string of the molecule is COC(=O)N[C@@H](C(=O)N1CCC[C@H]1c1ncc(-c2ccc(-c3ccc(-c4cnc([C@@H]5CCCN5C(=O)c5ccccn5)[nH]4)cc3)cc2)[nH]1)c1ccccc1. The van der Waals surface area contributed by atoms with E-state index in [0.717, 1.165) is 65.1 Å². The third-order valence-electron chi connectivity index (χ3n) is 10.3. The summed E-state index contributed by atoms with van der Waals surface area (Å²) in [7, 11) is 1.28. The van der Waals surface area contributed by atoms with Crippen molar-refractivity contribution >= 4 is 17.9 Å². The number of nitrogens with zero attached hydrogens (tertiary/aromatic N) is 5. The second kappa shape index (κ2) is 15.2. The van der Waals surface area contributed by atoms with Crippen molar-refractivity contribution in [3.63, 3.8) is 0 Å². The minimum Gasteiger partial charge on any atom is -0.453 e. The fourth-order valence-corrected chi connectivity index (χ4v) is 7.51. The van der Waals surface area contributed by atoms with Crippen molar-refractivity contribution in [1.29, 1.82) is 0 Å². The molecular formula is C42H40N8O4. The number of nitrogens with one attached hydrogen (secondary N) is 3. The van der Waals surface area contributed by atoms with E-state index in [9.17, 15) is 14.4 Å². The van der Waals surface area contributed by atoms with E-state index in [4.69, 9.17) is 9.72 Å². The van der Waals surface area contributed by atoms with Crippen LogP contribution in [0, 0.1) is 0 Å². The lowest BCUT2D eigenvalue weighted by Gasteiger charge is -2.28. The predicted octanol–water partition coefficient (Wildman–Crippen LogP) is 7.27. The van der Waals surface area contributed by atoms with Crippen molar-refractivity contribution in [2.45, 2.75) is 43.8 Å². The van der Waals surface area contributed by atoms with Crippen molar-refractivity contribution in [2.24, 2.45) is 0 Å². The van der Waals surface area contributed by atoms with Gasteiger partial charge in [0.15, 0.2) is 0 Å². The van der Waals surface area contributed by atoms with Crippen molar-refractivity contribution in [2.75, 3.05) is 20.2 Å². The summed E-state index contributed by atoms with van der Waals surface area (Å²) in [5.74, 6) is 1.22. The Morgan fingerprint density at radius 2 is 1.22 bits per heavy atom. The summed E-state index contributed by atoms with van der Waals surface area (Å²) in [6.45, 7) is 1.24. The number of pyridine rings is 1. The Morgan fingerprint density at radius 1 is 0.685 bits per heavy atom. The molecule has 8 rings (SSSR count). The number of H-pyrrole nitrogens is 2. The molecule has 5 heterocycles. The molecule has 3 atom stereocenters. The molecule has 12 nitrogen and oxygen atoms in total. The number of amides is 3. The van der Waals surface area contributed by atoms with E-state index in [1.54, 1.807) is 23.4 Å². The van der Waals surface area contributed by atoms with Gasteiger partial charge in [-0.2, -0.15) is 0 Å². The normalized spacial score (nSPS) is 17.4. The van der Waals surface area contributed by atoms with Gasteiger partial charge >= 0.3 is 6.09 Å². The number of carbonyl (C=O) groups is 3. The van der Waals surface area contributed by atoms with Gasteiger partial charge in [0.1, 0.15) is 23.4 Å². The maximum atomic E-state index is 13.9. The Hall–Kier alpha value is -6.56. The van der Waals surface area contributed by atoms with Crippen LogP contribution in [0.15, 0.2) is 116 Å². The number of likely N-dealkylation sites (tertiary alicyclic amines) is 2.